The van der Waals surface area contributed by atoms with Crippen LogP contribution >= 0.6 is 12.2 Å². The number of isothiocyanates is 1. The Balaban J connectivity index is 0.000000267. The summed E-state index contributed by atoms with van der Waals surface area (Å²) < 4.78 is 49.3. The number of rotatable bonds is 13. The molecule has 18 heteroatoms. The van der Waals surface area contributed by atoms with Gasteiger partial charge >= 0.3 is 25.7 Å². The average molecular weight is 1350 g/mol. The molecular formula is C75H70F3N9O4RuS. The molecule has 5 heterocycles. The van der Waals surface area contributed by atoms with E-state index in [9.17, 15) is 22.8 Å². The summed E-state index contributed by atoms with van der Waals surface area (Å²) in [5.74, 6) is 7.09. The van der Waals surface area contributed by atoms with Crippen molar-refractivity contribution >= 4 is 64.4 Å². The number of alkyl halides is 3. The zero-order valence-electron chi connectivity index (χ0n) is 53.7. The standard InChI is InChI=1S/C45H40N4O4.C29H30F3N4.CNS.Ru/c1-44(2,3)33-11-17-36(18-12-33)49(37-19-13-34(14-20-37)45(4,5)6)35-15-9-31(10-16-35)7-8-32-21-23-46-40(25-32)42-27-39(53-30-51)28-43(48-42)41-26-38(52-29-50)22-24-47-41;1-27(2,3)19-7-11-21(12-8-19)36(22-13-9-20(10-14-22)28(4,5)6)23-15-16-33-24(17-23)25-18-26(35-34-25)29(30,31)32;2-1-3;/h9-30H,1-6H3;7-18H,1-6H3;;/q;2*-1;+2. The molecule has 10 rings (SSSR count). The fraction of sp³-hybridized carbons (Fsp3) is 0.227. The number of aromatic nitrogens is 6. The predicted octanol–water partition coefficient (Wildman–Crippen LogP) is 18.6. The van der Waals surface area contributed by atoms with Crippen molar-refractivity contribution in [3.63, 3.8) is 0 Å². The number of anilines is 6. The number of benzene rings is 5. The molecule has 93 heavy (non-hydrogen) atoms. The van der Waals surface area contributed by atoms with Gasteiger partial charge in [-0.1, -0.05) is 161 Å². The topological polar surface area (TPSA) is 160 Å². The Morgan fingerprint density at radius 3 is 1.20 bits per heavy atom. The molecule has 10 aromatic rings. The smallest absolute Gasteiger partial charge is 0.753 e. The van der Waals surface area contributed by atoms with Crippen LogP contribution in [0.15, 0.2) is 195 Å². The largest absolute Gasteiger partial charge is 2.00 e. The number of ether oxygens (including phenoxy) is 2. The van der Waals surface area contributed by atoms with E-state index in [1.165, 1.54) is 33.6 Å². The second-order valence-electron chi connectivity index (χ2n) is 25.6. The molecule has 0 saturated carbocycles. The summed E-state index contributed by atoms with van der Waals surface area (Å²) >= 11 is 3.70. The molecule has 0 atom stereocenters. The van der Waals surface area contributed by atoms with Crippen molar-refractivity contribution in [2.45, 2.75) is 111 Å². The molecule has 13 nitrogen and oxygen atoms in total. The number of carbonyl (C=O) groups is 2. The van der Waals surface area contributed by atoms with Gasteiger partial charge in [0.1, 0.15) is 17.2 Å². The van der Waals surface area contributed by atoms with Crippen LogP contribution in [0.5, 0.6) is 11.5 Å². The fourth-order valence-electron chi connectivity index (χ4n) is 9.65. The Hall–Kier alpha value is -9.78. The summed E-state index contributed by atoms with van der Waals surface area (Å²) in [4.78, 5) is 44.2. The first kappa shape index (κ1) is 70.7. The maximum atomic E-state index is 13.1. The molecule has 0 unspecified atom stereocenters. The van der Waals surface area contributed by atoms with Gasteiger partial charge in [0, 0.05) is 82.0 Å². The van der Waals surface area contributed by atoms with Crippen molar-refractivity contribution in [1.82, 2.24) is 30.1 Å². The van der Waals surface area contributed by atoms with Gasteiger partial charge in [-0.15, -0.1) is 0 Å². The number of hydrogen-bond acceptors (Lipinski definition) is 12. The Morgan fingerprint density at radius 1 is 0.441 bits per heavy atom. The van der Waals surface area contributed by atoms with Gasteiger partial charge in [0.2, 0.25) is 0 Å². The molecule has 5 aromatic heterocycles. The second kappa shape index (κ2) is 30.1. The minimum absolute atomic E-state index is 0. The van der Waals surface area contributed by atoms with Crippen molar-refractivity contribution in [2.75, 3.05) is 9.80 Å². The summed E-state index contributed by atoms with van der Waals surface area (Å²) in [6.45, 7) is 27.0. The van der Waals surface area contributed by atoms with Gasteiger partial charge in [-0.05, 0) is 153 Å². The molecule has 0 spiro atoms. The van der Waals surface area contributed by atoms with Crippen LogP contribution in [-0.2, 0) is 56.9 Å². The first-order chi connectivity index (χ1) is 43.6. The molecule has 0 radical (unpaired) electrons. The Labute approximate surface area is 560 Å². The number of hydrogen-bond donors (Lipinski definition) is 0. The average Bonchev–Trinajstić information content (AvgIpc) is 1.28. The van der Waals surface area contributed by atoms with E-state index in [1.807, 2.05) is 30.3 Å². The summed E-state index contributed by atoms with van der Waals surface area (Å²) in [7, 11) is 0. The van der Waals surface area contributed by atoms with E-state index in [2.05, 4.69) is 251 Å². The Kier molecular flexibility index (Phi) is 22.9. The maximum Gasteiger partial charge on any atom is 2.00 e. The minimum atomic E-state index is -4.56. The third-order valence-electron chi connectivity index (χ3n) is 14.7. The summed E-state index contributed by atoms with van der Waals surface area (Å²) in [6.07, 6.45) is 0.169. The van der Waals surface area contributed by atoms with Gasteiger partial charge in [0.15, 0.2) is 0 Å². The summed E-state index contributed by atoms with van der Waals surface area (Å²) in [5.41, 5.74) is 13.6. The van der Waals surface area contributed by atoms with Gasteiger partial charge in [-0.25, -0.2) is 4.98 Å². The van der Waals surface area contributed by atoms with Crippen LogP contribution in [-0.4, -0.2) is 43.1 Å². The van der Waals surface area contributed by atoms with E-state index in [0.29, 0.717) is 47.2 Å². The van der Waals surface area contributed by atoms with Crippen molar-refractivity contribution in [3.8, 4) is 57.5 Å². The van der Waals surface area contributed by atoms with Crippen LogP contribution in [0.3, 0.4) is 0 Å². The van der Waals surface area contributed by atoms with Gasteiger partial charge in [-0.3, -0.25) is 24.5 Å². The molecule has 5 aromatic carbocycles. The zero-order valence-corrected chi connectivity index (χ0v) is 56.2. The maximum absolute atomic E-state index is 13.1. The van der Waals surface area contributed by atoms with E-state index in [1.54, 1.807) is 42.7 Å². The normalized spacial score (nSPS) is 11.3. The number of carbonyl (C=O) groups excluding carboxylic acids is 2. The fourth-order valence-corrected chi connectivity index (χ4v) is 9.65. The monoisotopic (exact) mass is 1350 g/mol. The minimum Gasteiger partial charge on any atom is -0.753 e. The molecule has 0 amide bonds. The van der Waals surface area contributed by atoms with Crippen molar-refractivity contribution in [1.29, 1.82) is 0 Å². The van der Waals surface area contributed by atoms with E-state index < -0.39 is 11.9 Å². The van der Waals surface area contributed by atoms with Crippen molar-refractivity contribution < 1.29 is 51.7 Å². The quantitative estimate of drug-likeness (QED) is 0.0353. The Bertz CT molecular complexity index is 4150. The van der Waals surface area contributed by atoms with Gasteiger partial charge < -0.3 is 34.9 Å². The molecule has 0 fully saturated rings. The van der Waals surface area contributed by atoms with E-state index in [4.69, 9.17) is 19.9 Å². The van der Waals surface area contributed by atoms with Gasteiger partial charge in [-0.2, -0.15) is 18.3 Å². The van der Waals surface area contributed by atoms with Gasteiger partial charge in [0.05, 0.1) is 28.5 Å². The van der Waals surface area contributed by atoms with E-state index in [-0.39, 0.29) is 52.6 Å². The third-order valence-corrected chi connectivity index (χ3v) is 14.7. The Morgan fingerprint density at radius 2 is 0.796 bits per heavy atom. The second-order valence-corrected chi connectivity index (χ2v) is 25.7. The van der Waals surface area contributed by atoms with Gasteiger partial charge in [0.25, 0.3) is 12.9 Å². The molecule has 0 aliphatic carbocycles. The van der Waals surface area contributed by atoms with Crippen molar-refractivity contribution in [3.05, 3.63) is 239 Å². The van der Waals surface area contributed by atoms with Crippen molar-refractivity contribution in [2.24, 2.45) is 0 Å². The van der Waals surface area contributed by atoms with Crippen LogP contribution in [0.1, 0.15) is 122 Å². The van der Waals surface area contributed by atoms with E-state index in [0.717, 1.165) is 51.3 Å². The third kappa shape index (κ3) is 18.7. The number of pyridine rings is 4. The molecule has 474 valence electrons. The number of thiocarbonyl (C=S) groups is 1. The predicted molar refractivity (Wildman–Crippen MR) is 362 cm³/mol. The molecule has 0 bridgehead atoms. The van der Waals surface area contributed by atoms with Crippen LogP contribution in [0.25, 0.3) is 39.6 Å². The summed E-state index contributed by atoms with van der Waals surface area (Å²) in [6, 6.07) is 56.8. The molecular weight excluding hydrogens is 1280 g/mol. The van der Waals surface area contributed by atoms with Crippen LogP contribution < -0.4 is 24.4 Å². The summed E-state index contributed by atoms with van der Waals surface area (Å²) in [5, 5.41) is 15.5. The molecule has 0 N–H and O–H groups in total. The van der Waals surface area contributed by atoms with Crippen LogP contribution in [0, 0.1) is 11.8 Å². The van der Waals surface area contributed by atoms with Crippen LogP contribution in [0.2, 0.25) is 0 Å². The molecule has 0 aliphatic heterocycles. The first-order valence-corrected chi connectivity index (χ1v) is 29.8. The molecule has 0 aliphatic rings. The number of nitrogens with zero attached hydrogens (tertiary/aromatic N) is 9. The molecule has 0 saturated heterocycles. The zero-order chi connectivity index (χ0) is 66.6. The van der Waals surface area contributed by atoms with Crippen LogP contribution in [0.4, 0.5) is 47.3 Å². The first-order valence-electron chi connectivity index (χ1n) is 29.4. The SMILES string of the molecule is CC(C)(C)c1ccc(N(c2ccc(C#Cc3ccnc(-c4cc(OC=O)cc(-c5cc(OC=O)ccn5)n4)c3)cc2)c2ccc(C(C)(C)C)cc2)cc1.CC(C)(C)c1ccc(N(c2ccc(C(C)(C)C)cc2)c2ccnc(-c3cc(C(F)(F)F)n[n-]3)c2)cc1.[N-]=C=S.[Ru+2]. The number of halogens is 3. The van der Waals surface area contributed by atoms with E-state index >= 15 is 0 Å².